The lowest BCUT2D eigenvalue weighted by atomic mass is 10.0. The van der Waals surface area contributed by atoms with Gasteiger partial charge in [-0.2, -0.15) is 5.26 Å². The standard InChI is InChI=1S/C14H20N4/c1-14(2,18-8-3-4-9-18)11-17-13-12(10-15)6-5-7-16-13/h5-7H,3-4,8-9,11H2,1-2H3,(H,16,17). The normalized spacial score (nSPS) is 16.5. The second-order valence-electron chi connectivity index (χ2n) is 5.37. The van der Waals surface area contributed by atoms with Crippen molar-refractivity contribution in [1.29, 1.82) is 5.26 Å². The van der Waals surface area contributed by atoms with Crippen molar-refractivity contribution in [2.45, 2.75) is 32.2 Å². The summed E-state index contributed by atoms with van der Waals surface area (Å²) in [6.07, 6.45) is 4.29. The number of nitrogens with one attached hydrogen (secondary N) is 1. The summed E-state index contributed by atoms with van der Waals surface area (Å²) in [5.74, 6) is 0.687. The summed E-state index contributed by atoms with van der Waals surface area (Å²) in [5.41, 5.74) is 0.704. The Balaban J connectivity index is 2.00. The first-order chi connectivity index (χ1) is 8.63. The average Bonchev–Trinajstić information content (AvgIpc) is 2.91. The fourth-order valence-electron chi connectivity index (χ4n) is 2.37. The van der Waals surface area contributed by atoms with Crippen molar-refractivity contribution >= 4 is 5.82 Å². The molecule has 0 aliphatic carbocycles. The predicted octanol–water partition coefficient (Wildman–Crippen LogP) is 2.24. The molecule has 0 bridgehead atoms. The van der Waals surface area contributed by atoms with Gasteiger partial charge < -0.3 is 5.32 Å². The van der Waals surface area contributed by atoms with Gasteiger partial charge in [0.25, 0.3) is 0 Å². The molecule has 0 amide bonds. The van der Waals surface area contributed by atoms with Gasteiger partial charge in [-0.3, -0.25) is 4.90 Å². The van der Waals surface area contributed by atoms with Crippen molar-refractivity contribution in [3.63, 3.8) is 0 Å². The monoisotopic (exact) mass is 244 g/mol. The highest BCUT2D eigenvalue weighted by Crippen LogP contribution is 2.21. The van der Waals surface area contributed by atoms with Gasteiger partial charge in [0.2, 0.25) is 0 Å². The molecule has 1 aromatic heterocycles. The maximum Gasteiger partial charge on any atom is 0.143 e. The maximum absolute atomic E-state index is 9.02. The van der Waals surface area contributed by atoms with Gasteiger partial charge in [-0.15, -0.1) is 0 Å². The van der Waals surface area contributed by atoms with E-state index in [0.29, 0.717) is 11.4 Å². The van der Waals surface area contributed by atoms with E-state index < -0.39 is 0 Å². The minimum Gasteiger partial charge on any atom is -0.367 e. The quantitative estimate of drug-likeness (QED) is 0.882. The molecule has 1 aromatic rings. The third-order valence-electron chi connectivity index (χ3n) is 3.58. The molecule has 2 heterocycles. The molecule has 1 N–H and O–H groups in total. The minimum atomic E-state index is 0.0980. The van der Waals surface area contributed by atoms with Gasteiger partial charge in [-0.1, -0.05) is 0 Å². The zero-order valence-electron chi connectivity index (χ0n) is 11.1. The van der Waals surface area contributed by atoms with Gasteiger partial charge in [0.15, 0.2) is 0 Å². The molecule has 0 saturated carbocycles. The molecule has 1 aliphatic rings. The lowest BCUT2D eigenvalue weighted by Crippen LogP contribution is -2.47. The minimum absolute atomic E-state index is 0.0980. The summed E-state index contributed by atoms with van der Waals surface area (Å²) in [7, 11) is 0. The summed E-state index contributed by atoms with van der Waals surface area (Å²) in [5, 5.41) is 12.3. The molecule has 0 spiro atoms. The van der Waals surface area contributed by atoms with Crippen LogP contribution in [0.1, 0.15) is 32.3 Å². The van der Waals surface area contributed by atoms with Crippen LogP contribution in [-0.4, -0.2) is 35.1 Å². The lowest BCUT2D eigenvalue weighted by molar-refractivity contribution is 0.167. The zero-order chi connectivity index (χ0) is 13.0. The van der Waals surface area contributed by atoms with Crippen LogP contribution in [0.5, 0.6) is 0 Å². The molecule has 0 aromatic carbocycles. The zero-order valence-corrected chi connectivity index (χ0v) is 11.1. The number of hydrogen-bond donors (Lipinski definition) is 1. The molecule has 0 unspecified atom stereocenters. The van der Waals surface area contributed by atoms with Crippen molar-refractivity contribution in [1.82, 2.24) is 9.88 Å². The number of likely N-dealkylation sites (tertiary alicyclic amines) is 1. The summed E-state index contributed by atoms with van der Waals surface area (Å²) in [6.45, 7) is 7.61. The van der Waals surface area contributed by atoms with Gasteiger partial charge >= 0.3 is 0 Å². The molecule has 0 radical (unpaired) electrons. The van der Waals surface area contributed by atoms with Crippen molar-refractivity contribution in [2.75, 3.05) is 25.0 Å². The van der Waals surface area contributed by atoms with E-state index >= 15 is 0 Å². The Kier molecular flexibility index (Phi) is 3.83. The molecule has 1 aliphatic heterocycles. The van der Waals surface area contributed by atoms with Crippen molar-refractivity contribution in [2.24, 2.45) is 0 Å². The van der Waals surface area contributed by atoms with E-state index in [9.17, 15) is 0 Å². The molecule has 2 rings (SSSR count). The molecular formula is C14H20N4. The molecular weight excluding hydrogens is 224 g/mol. The number of pyridine rings is 1. The smallest absolute Gasteiger partial charge is 0.143 e. The second-order valence-corrected chi connectivity index (χ2v) is 5.37. The van der Waals surface area contributed by atoms with Crippen LogP contribution in [0.4, 0.5) is 5.82 Å². The third kappa shape index (κ3) is 2.80. The summed E-state index contributed by atoms with van der Waals surface area (Å²) in [6, 6.07) is 5.74. The largest absolute Gasteiger partial charge is 0.367 e. The molecule has 4 nitrogen and oxygen atoms in total. The van der Waals surface area contributed by atoms with Crippen LogP contribution in [-0.2, 0) is 0 Å². The summed E-state index contributed by atoms with van der Waals surface area (Å²) in [4.78, 5) is 6.72. The molecule has 4 heteroatoms. The van der Waals surface area contributed by atoms with Crippen LogP contribution in [0.25, 0.3) is 0 Å². The van der Waals surface area contributed by atoms with E-state index in [0.717, 1.165) is 6.54 Å². The van der Waals surface area contributed by atoms with E-state index in [1.54, 1.807) is 18.3 Å². The number of nitrogens with zero attached hydrogens (tertiary/aromatic N) is 3. The van der Waals surface area contributed by atoms with Crippen LogP contribution in [0, 0.1) is 11.3 Å². The summed E-state index contributed by atoms with van der Waals surface area (Å²) < 4.78 is 0. The Bertz CT molecular complexity index is 441. The Morgan fingerprint density at radius 1 is 1.44 bits per heavy atom. The second kappa shape index (κ2) is 5.36. The molecule has 18 heavy (non-hydrogen) atoms. The highest BCUT2D eigenvalue weighted by atomic mass is 15.2. The molecule has 96 valence electrons. The van der Waals surface area contributed by atoms with Crippen LogP contribution < -0.4 is 5.32 Å². The topological polar surface area (TPSA) is 52.0 Å². The third-order valence-corrected chi connectivity index (χ3v) is 3.58. The molecule has 0 atom stereocenters. The summed E-state index contributed by atoms with van der Waals surface area (Å²) >= 11 is 0. The Labute approximate surface area is 109 Å². The number of aromatic nitrogens is 1. The van der Waals surface area contributed by atoms with E-state index in [1.165, 1.54) is 25.9 Å². The van der Waals surface area contributed by atoms with Gasteiger partial charge in [-0.25, -0.2) is 4.98 Å². The van der Waals surface area contributed by atoms with E-state index in [1.807, 2.05) is 0 Å². The highest BCUT2D eigenvalue weighted by molar-refractivity contribution is 5.51. The van der Waals surface area contributed by atoms with Crippen molar-refractivity contribution in [3.05, 3.63) is 23.9 Å². The Morgan fingerprint density at radius 3 is 2.83 bits per heavy atom. The number of nitriles is 1. The van der Waals surface area contributed by atoms with E-state index in [-0.39, 0.29) is 5.54 Å². The van der Waals surface area contributed by atoms with Gasteiger partial charge in [0.1, 0.15) is 11.9 Å². The average molecular weight is 244 g/mol. The van der Waals surface area contributed by atoms with Crippen LogP contribution in [0.15, 0.2) is 18.3 Å². The van der Waals surface area contributed by atoms with E-state index in [4.69, 9.17) is 5.26 Å². The number of anilines is 1. The first kappa shape index (κ1) is 12.8. The van der Waals surface area contributed by atoms with Crippen LogP contribution >= 0.6 is 0 Å². The fourth-order valence-corrected chi connectivity index (χ4v) is 2.37. The van der Waals surface area contributed by atoms with Gasteiger partial charge in [0.05, 0.1) is 5.56 Å². The number of rotatable bonds is 4. The maximum atomic E-state index is 9.02. The van der Waals surface area contributed by atoms with Crippen LogP contribution in [0.2, 0.25) is 0 Å². The fraction of sp³-hybridized carbons (Fsp3) is 0.571. The van der Waals surface area contributed by atoms with Gasteiger partial charge in [0, 0.05) is 18.3 Å². The number of hydrogen-bond acceptors (Lipinski definition) is 4. The van der Waals surface area contributed by atoms with Crippen LogP contribution in [0.3, 0.4) is 0 Å². The molecule has 1 saturated heterocycles. The molecule has 1 fully saturated rings. The Hall–Kier alpha value is -1.60. The Morgan fingerprint density at radius 2 is 2.17 bits per heavy atom. The van der Waals surface area contributed by atoms with E-state index in [2.05, 4.69) is 35.1 Å². The SMILES string of the molecule is CC(C)(CNc1ncccc1C#N)N1CCCC1. The first-order valence-corrected chi connectivity index (χ1v) is 6.47. The highest BCUT2D eigenvalue weighted by Gasteiger charge is 2.28. The van der Waals surface area contributed by atoms with Gasteiger partial charge in [-0.05, 0) is 51.9 Å². The predicted molar refractivity (Wildman–Crippen MR) is 72.3 cm³/mol. The first-order valence-electron chi connectivity index (χ1n) is 6.47. The van der Waals surface area contributed by atoms with Crippen molar-refractivity contribution in [3.8, 4) is 6.07 Å². The lowest BCUT2D eigenvalue weighted by Gasteiger charge is -2.35. The van der Waals surface area contributed by atoms with Crippen molar-refractivity contribution < 1.29 is 0 Å².